The molecule has 158 valence electrons. The molecule has 0 saturated carbocycles. The minimum Gasteiger partial charge on any atom is -0.455 e. The Morgan fingerprint density at radius 3 is 2.26 bits per heavy atom. The van der Waals surface area contributed by atoms with E-state index in [2.05, 4.69) is 0 Å². The van der Waals surface area contributed by atoms with Crippen molar-refractivity contribution in [3.05, 3.63) is 90.5 Å². The van der Waals surface area contributed by atoms with Gasteiger partial charge in [0.15, 0.2) is 5.75 Å². The number of ether oxygens (including phenoxy) is 1. The van der Waals surface area contributed by atoms with E-state index in [0.29, 0.717) is 35.8 Å². The topological polar surface area (TPSA) is 75.9 Å². The van der Waals surface area contributed by atoms with Gasteiger partial charge in [-0.05, 0) is 42.8 Å². The lowest BCUT2D eigenvalue weighted by atomic mass is 10.1. The maximum atomic E-state index is 13.4. The summed E-state index contributed by atoms with van der Waals surface area (Å²) in [5.41, 5.74) is 7.01. The first kappa shape index (κ1) is 20.6. The number of amides is 2. The summed E-state index contributed by atoms with van der Waals surface area (Å²) < 4.78 is 6.06. The van der Waals surface area contributed by atoms with Crippen LogP contribution in [0.25, 0.3) is 0 Å². The Labute approximate surface area is 181 Å². The predicted octanol–water partition coefficient (Wildman–Crippen LogP) is 3.69. The van der Waals surface area contributed by atoms with Crippen LogP contribution in [0.3, 0.4) is 0 Å². The molecule has 0 radical (unpaired) electrons. The van der Waals surface area contributed by atoms with E-state index in [9.17, 15) is 9.59 Å². The molecule has 1 fully saturated rings. The van der Waals surface area contributed by atoms with Crippen LogP contribution in [0.2, 0.25) is 0 Å². The Bertz CT molecular complexity index is 1040. The summed E-state index contributed by atoms with van der Waals surface area (Å²) in [5.74, 6) is 0.760. The van der Waals surface area contributed by atoms with Crippen molar-refractivity contribution in [3.63, 3.8) is 0 Å². The van der Waals surface area contributed by atoms with Crippen LogP contribution in [0.15, 0.2) is 84.9 Å². The third-order valence-electron chi connectivity index (χ3n) is 5.26. The molecule has 1 heterocycles. The molecule has 2 amide bonds. The summed E-state index contributed by atoms with van der Waals surface area (Å²) in [6.45, 7) is 1.03. The number of rotatable bonds is 6. The van der Waals surface area contributed by atoms with Gasteiger partial charge in [0.2, 0.25) is 5.91 Å². The summed E-state index contributed by atoms with van der Waals surface area (Å²) in [6, 6.07) is 25.5. The smallest absolute Gasteiger partial charge is 0.258 e. The molecule has 3 aromatic rings. The normalized spacial score (nSPS) is 15.5. The lowest BCUT2D eigenvalue weighted by molar-refractivity contribution is -0.128. The lowest BCUT2D eigenvalue weighted by Crippen LogP contribution is -2.43. The molecule has 1 atom stereocenters. The molecule has 1 aliphatic heterocycles. The number of carbonyl (C=O) groups is 2. The average molecular weight is 415 g/mol. The van der Waals surface area contributed by atoms with Gasteiger partial charge in [-0.3, -0.25) is 14.5 Å². The van der Waals surface area contributed by atoms with Crippen LogP contribution in [0.1, 0.15) is 16.8 Å². The fourth-order valence-electron chi connectivity index (χ4n) is 3.63. The van der Waals surface area contributed by atoms with E-state index in [1.54, 1.807) is 41.3 Å². The molecular weight excluding hydrogens is 390 g/mol. The van der Waals surface area contributed by atoms with Gasteiger partial charge in [0.25, 0.3) is 5.91 Å². The second kappa shape index (κ2) is 9.45. The SMILES string of the molecule is NC1CCN(C(=O)CN(C(=O)c2ccccc2)c2ccccc2Oc2ccccc2)C1. The zero-order chi connectivity index (χ0) is 21.6. The quantitative estimate of drug-likeness (QED) is 0.666. The van der Waals surface area contributed by atoms with E-state index >= 15 is 0 Å². The van der Waals surface area contributed by atoms with Crippen molar-refractivity contribution in [1.29, 1.82) is 0 Å². The highest BCUT2D eigenvalue weighted by atomic mass is 16.5. The minimum absolute atomic E-state index is 0.0177. The second-order valence-electron chi connectivity index (χ2n) is 7.53. The summed E-state index contributed by atoms with van der Waals surface area (Å²) in [6.07, 6.45) is 0.770. The van der Waals surface area contributed by atoms with Crippen LogP contribution in [-0.2, 0) is 4.79 Å². The van der Waals surface area contributed by atoms with Crippen molar-refractivity contribution in [3.8, 4) is 11.5 Å². The standard InChI is InChI=1S/C25H25N3O3/c26-20-15-16-27(17-20)24(29)18-28(25(30)19-9-3-1-4-10-19)22-13-7-8-14-23(22)31-21-11-5-2-6-12-21/h1-14,20H,15-18,26H2. The van der Waals surface area contributed by atoms with Crippen molar-refractivity contribution in [2.75, 3.05) is 24.5 Å². The number of carbonyl (C=O) groups excluding carboxylic acids is 2. The van der Waals surface area contributed by atoms with E-state index in [-0.39, 0.29) is 24.4 Å². The van der Waals surface area contributed by atoms with E-state index in [4.69, 9.17) is 10.5 Å². The van der Waals surface area contributed by atoms with Gasteiger partial charge in [0.1, 0.15) is 12.3 Å². The minimum atomic E-state index is -0.262. The highest BCUT2D eigenvalue weighted by molar-refractivity contribution is 6.09. The van der Waals surface area contributed by atoms with Crippen molar-refractivity contribution < 1.29 is 14.3 Å². The number of para-hydroxylation sites is 3. The Balaban J connectivity index is 1.67. The van der Waals surface area contributed by atoms with Gasteiger partial charge in [-0.1, -0.05) is 48.5 Å². The summed E-state index contributed by atoms with van der Waals surface area (Å²) in [5, 5.41) is 0. The molecule has 6 heteroatoms. The molecule has 0 spiro atoms. The van der Waals surface area contributed by atoms with Crippen LogP contribution < -0.4 is 15.4 Å². The van der Waals surface area contributed by atoms with Crippen molar-refractivity contribution in [2.45, 2.75) is 12.5 Å². The molecule has 31 heavy (non-hydrogen) atoms. The molecule has 4 rings (SSSR count). The van der Waals surface area contributed by atoms with Crippen LogP contribution in [0.5, 0.6) is 11.5 Å². The largest absolute Gasteiger partial charge is 0.455 e. The van der Waals surface area contributed by atoms with Gasteiger partial charge < -0.3 is 15.4 Å². The summed E-state index contributed by atoms with van der Waals surface area (Å²) >= 11 is 0. The van der Waals surface area contributed by atoms with Crippen molar-refractivity contribution >= 4 is 17.5 Å². The zero-order valence-electron chi connectivity index (χ0n) is 17.2. The van der Waals surface area contributed by atoms with E-state index in [1.807, 2.05) is 48.5 Å². The molecule has 0 aromatic heterocycles. The fourth-order valence-corrected chi connectivity index (χ4v) is 3.63. The first-order valence-electron chi connectivity index (χ1n) is 10.3. The van der Waals surface area contributed by atoms with Gasteiger partial charge in [-0.15, -0.1) is 0 Å². The monoisotopic (exact) mass is 415 g/mol. The van der Waals surface area contributed by atoms with Crippen molar-refractivity contribution in [1.82, 2.24) is 4.90 Å². The predicted molar refractivity (Wildman–Crippen MR) is 120 cm³/mol. The Kier molecular flexibility index (Phi) is 6.29. The molecule has 0 bridgehead atoms. The number of nitrogens with zero attached hydrogens (tertiary/aromatic N) is 2. The van der Waals surface area contributed by atoms with E-state index in [1.165, 1.54) is 4.90 Å². The molecule has 6 nitrogen and oxygen atoms in total. The Hall–Kier alpha value is -3.64. The maximum Gasteiger partial charge on any atom is 0.258 e. The van der Waals surface area contributed by atoms with Gasteiger partial charge in [0.05, 0.1) is 5.69 Å². The molecule has 2 N–H and O–H groups in total. The van der Waals surface area contributed by atoms with E-state index in [0.717, 1.165) is 6.42 Å². The van der Waals surface area contributed by atoms with Crippen LogP contribution >= 0.6 is 0 Å². The van der Waals surface area contributed by atoms with Crippen LogP contribution in [0.4, 0.5) is 5.69 Å². The van der Waals surface area contributed by atoms with Gasteiger partial charge in [0, 0.05) is 24.7 Å². The summed E-state index contributed by atoms with van der Waals surface area (Å²) in [4.78, 5) is 29.7. The number of hydrogen-bond donors (Lipinski definition) is 1. The fraction of sp³-hybridized carbons (Fsp3) is 0.200. The third-order valence-corrected chi connectivity index (χ3v) is 5.26. The number of anilines is 1. The Morgan fingerprint density at radius 1 is 0.935 bits per heavy atom. The van der Waals surface area contributed by atoms with Crippen LogP contribution in [-0.4, -0.2) is 42.4 Å². The molecule has 0 aliphatic carbocycles. The first-order valence-corrected chi connectivity index (χ1v) is 10.3. The van der Waals surface area contributed by atoms with Gasteiger partial charge in [-0.2, -0.15) is 0 Å². The first-order chi connectivity index (χ1) is 15.1. The highest BCUT2D eigenvalue weighted by Gasteiger charge is 2.29. The number of benzene rings is 3. The lowest BCUT2D eigenvalue weighted by Gasteiger charge is -2.27. The van der Waals surface area contributed by atoms with Crippen molar-refractivity contribution in [2.24, 2.45) is 5.73 Å². The molecule has 3 aromatic carbocycles. The average Bonchev–Trinajstić information content (AvgIpc) is 3.25. The molecular formula is C25H25N3O3. The molecule has 1 unspecified atom stereocenters. The van der Waals surface area contributed by atoms with Crippen LogP contribution in [0, 0.1) is 0 Å². The molecule has 1 aliphatic rings. The van der Waals surface area contributed by atoms with Gasteiger partial charge >= 0.3 is 0 Å². The number of likely N-dealkylation sites (tertiary alicyclic amines) is 1. The molecule has 1 saturated heterocycles. The number of hydrogen-bond acceptors (Lipinski definition) is 4. The second-order valence-corrected chi connectivity index (χ2v) is 7.53. The van der Waals surface area contributed by atoms with Gasteiger partial charge in [-0.25, -0.2) is 0 Å². The maximum absolute atomic E-state index is 13.4. The van der Waals surface area contributed by atoms with E-state index < -0.39 is 0 Å². The highest BCUT2D eigenvalue weighted by Crippen LogP contribution is 2.33. The summed E-state index contributed by atoms with van der Waals surface area (Å²) in [7, 11) is 0. The number of nitrogens with two attached hydrogens (primary N) is 1. The zero-order valence-corrected chi connectivity index (χ0v) is 17.2. The third kappa shape index (κ3) is 4.92. The Morgan fingerprint density at radius 2 is 1.58 bits per heavy atom.